The van der Waals surface area contributed by atoms with E-state index in [1.807, 2.05) is 42.5 Å². The van der Waals surface area contributed by atoms with Gasteiger partial charge in [0, 0.05) is 19.2 Å². The summed E-state index contributed by atoms with van der Waals surface area (Å²) in [7, 11) is 3.20. The molecule has 0 spiro atoms. The minimum Gasteiger partial charge on any atom is -0.493 e. The minimum absolute atomic E-state index is 0.0456. The average molecular weight is 411 g/mol. The summed E-state index contributed by atoms with van der Waals surface area (Å²) in [4.78, 5) is 24.7. The summed E-state index contributed by atoms with van der Waals surface area (Å²) in [6, 6.07) is 13.3. The van der Waals surface area contributed by atoms with Crippen LogP contribution in [0.3, 0.4) is 0 Å². The van der Waals surface area contributed by atoms with Crippen LogP contribution in [-0.2, 0) is 21.5 Å². The first kappa shape index (κ1) is 21.7. The number of amides is 2. The van der Waals surface area contributed by atoms with Gasteiger partial charge in [0.15, 0.2) is 11.5 Å². The van der Waals surface area contributed by atoms with Crippen LogP contribution in [-0.4, -0.2) is 26.0 Å². The second kappa shape index (κ2) is 9.65. The van der Waals surface area contributed by atoms with Gasteiger partial charge in [0.05, 0.1) is 19.6 Å². The molecule has 1 fully saturated rings. The zero-order chi connectivity index (χ0) is 21.6. The second-order valence-corrected chi connectivity index (χ2v) is 7.77. The van der Waals surface area contributed by atoms with Gasteiger partial charge in [-0.2, -0.15) is 0 Å². The Morgan fingerprint density at radius 3 is 2.20 bits per heavy atom. The van der Waals surface area contributed by atoms with Crippen LogP contribution in [0.4, 0.5) is 5.69 Å². The lowest BCUT2D eigenvalue weighted by atomic mass is 9.68. The Morgan fingerprint density at radius 2 is 1.60 bits per heavy atom. The fourth-order valence-corrected chi connectivity index (χ4v) is 4.22. The highest BCUT2D eigenvalue weighted by Gasteiger charge is 2.40. The number of benzene rings is 2. The minimum atomic E-state index is -0.538. The smallest absolute Gasteiger partial charge is 0.230 e. The highest BCUT2D eigenvalue weighted by Crippen LogP contribution is 2.40. The summed E-state index contributed by atoms with van der Waals surface area (Å²) in [6.45, 7) is 1.91. The maximum absolute atomic E-state index is 13.4. The quantitative estimate of drug-likeness (QED) is 0.718. The third-order valence-corrected chi connectivity index (χ3v) is 5.80. The Balaban J connectivity index is 1.78. The first-order valence-corrected chi connectivity index (χ1v) is 10.4. The molecule has 160 valence electrons. The van der Waals surface area contributed by atoms with E-state index in [2.05, 4.69) is 10.6 Å². The molecule has 1 saturated carbocycles. The highest BCUT2D eigenvalue weighted by atomic mass is 16.5. The van der Waals surface area contributed by atoms with Gasteiger partial charge >= 0.3 is 0 Å². The van der Waals surface area contributed by atoms with Crippen LogP contribution < -0.4 is 20.1 Å². The molecule has 6 nitrogen and oxygen atoms in total. The third kappa shape index (κ3) is 4.75. The van der Waals surface area contributed by atoms with Crippen LogP contribution >= 0.6 is 0 Å². The van der Waals surface area contributed by atoms with Gasteiger partial charge in [-0.05, 0) is 48.2 Å². The van der Waals surface area contributed by atoms with Crippen molar-refractivity contribution in [2.75, 3.05) is 19.5 Å². The van der Waals surface area contributed by atoms with Crippen molar-refractivity contribution in [1.82, 2.24) is 5.32 Å². The summed E-state index contributed by atoms with van der Waals surface area (Å²) in [5, 5.41) is 5.92. The number of hydrogen-bond donors (Lipinski definition) is 2. The molecule has 0 aliphatic heterocycles. The largest absolute Gasteiger partial charge is 0.493 e. The molecule has 3 rings (SSSR count). The topological polar surface area (TPSA) is 76.7 Å². The molecular weight excluding hydrogens is 380 g/mol. The number of rotatable bonds is 7. The molecule has 2 amide bonds. The van der Waals surface area contributed by atoms with Crippen molar-refractivity contribution in [2.24, 2.45) is 0 Å². The van der Waals surface area contributed by atoms with Crippen molar-refractivity contribution >= 4 is 17.5 Å². The van der Waals surface area contributed by atoms with Crippen molar-refractivity contribution in [3.05, 3.63) is 53.6 Å². The van der Waals surface area contributed by atoms with E-state index in [-0.39, 0.29) is 11.8 Å². The molecule has 1 aliphatic rings. The summed E-state index contributed by atoms with van der Waals surface area (Å²) < 4.78 is 10.6. The molecule has 0 unspecified atom stereocenters. The molecule has 1 aliphatic carbocycles. The summed E-state index contributed by atoms with van der Waals surface area (Å²) >= 11 is 0. The van der Waals surface area contributed by atoms with Gasteiger partial charge in [-0.25, -0.2) is 0 Å². The van der Waals surface area contributed by atoms with E-state index in [1.54, 1.807) is 14.2 Å². The molecule has 0 radical (unpaired) electrons. The summed E-state index contributed by atoms with van der Waals surface area (Å²) in [6.07, 6.45) is 4.84. The van der Waals surface area contributed by atoms with E-state index in [9.17, 15) is 9.59 Å². The number of carbonyl (C=O) groups excluding carboxylic acids is 2. The predicted molar refractivity (Wildman–Crippen MR) is 117 cm³/mol. The first-order valence-electron chi connectivity index (χ1n) is 10.4. The predicted octanol–water partition coefficient (Wildman–Crippen LogP) is 4.18. The van der Waals surface area contributed by atoms with Crippen LogP contribution in [0, 0.1) is 0 Å². The number of methoxy groups -OCH3 is 2. The molecule has 30 heavy (non-hydrogen) atoms. The van der Waals surface area contributed by atoms with Gasteiger partial charge < -0.3 is 20.1 Å². The van der Waals surface area contributed by atoms with Crippen LogP contribution in [0.15, 0.2) is 42.5 Å². The van der Waals surface area contributed by atoms with Gasteiger partial charge in [0.25, 0.3) is 0 Å². The van der Waals surface area contributed by atoms with Crippen LogP contribution in [0.5, 0.6) is 11.5 Å². The van der Waals surface area contributed by atoms with E-state index < -0.39 is 5.41 Å². The van der Waals surface area contributed by atoms with Crippen molar-refractivity contribution in [2.45, 2.75) is 51.0 Å². The number of hydrogen-bond acceptors (Lipinski definition) is 4. The van der Waals surface area contributed by atoms with Gasteiger partial charge in [-0.3, -0.25) is 9.59 Å². The van der Waals surface area contributed by atoms with Crippen LogP contribution in [0.1, 0.15) is 50.2 Å². The monoisotopic (exact) mass is 410 g/mol. The van der Waals surface area contributed by atoms with Crippen molar-refractivity contribution in [3.8, 4) is 11.5 Å². The molecule has 0 heterocycles. The molecule has 0 aromatic heterocycles. The van der Waals surface area contributed by atoms with Crippen molar-refractivity contribution < 1.29 is 19.1 Å². The van der Waals surface area contributed by atoms with Crippen LogP contribution in [0.2, 0.25) is 0 Å². The number of carbonyl (C=O) groups is 2. The lowest BCUT2D eigenvalue weighted by molar-refractivity contribution is -0.128. The fourth-order valence-electron chi connectivity index (χ4n) is 4.22. The Bertz CT molecular complexity index is 887. The Labute approximate surface area is 178 Å². The van der Waals surface area contributed by atoms with Gasteiger partial charge in [-0.1, -0.05) is 37.5 Å². The van der Waals surface area contributed by atoms with E-state index in [0.717, 1.165) is 48.9 Å². The normalized spacial score (nSPS) is 15.2. The molecule has 6 heteroatoms. The van der Waals surface area contributed by atoms with E-state index in [0.29, 0.717) is 18.0 Å². The van der Waals surface area contributed by atoms with Crippen molar-refractivity contribution in [1.29, 1.82) is 0 Å². The molecule has 0 atom stereocenters. The maximum Gasteiger partial charge on any atom is 0.230 e. The second-order valence-electron chi connectivity index (χ2n) is 7.77. The van der Waals surface area contributed by atoms with Crippen LogP contribution in [0.25, 0.3) is 0 Å². The lowest BCUT2D eigenvalue weighted by Gasteiger charge is -2.36. The summed E-state index contributed by atoms with van der Waals surface area (Å²) in [5.41, 5.74) is 2.15. The summed E-state index contributed by atoms with van der Waals surface area (Å²) in [5.74, 6) is 1.24. The fraction of sp³-hybridized carbons (Fsp3) is 0.417. The average Bonchev–Trinajstić information content (AvgIpc) is 2.77. The number of ether oxygens (including phenoxy) is 2. The molecule has 0 saturated heterocycles. The Kier molecular flexibility index (Phi) is 6.98. The Hall–Kier alpha value is -3.02. The SMILES string of the molecule is COc1ccc(CNC(=O)C2(c3ccc(NC(C)=O)cc3)CCCCC2)cc1OC. The van der Waals surface area contributed by atoms with E-state index in [4.69, 9.17) is 9.47 Å². The highest BCUT2D eigenvalue weighted by molar-refractivity contribution is 5.90. The molecule has 2 N–H and O–H groups in total. The van der Waals surface area contributed by atoms with Gasteiger partial charge in [0.2, 0.25) is 11.8 Å². The Morgan fingerprint density at radius 1 is 0.933 bits per heavy atom. The zero-order valence-electron chi connectivity index (χ0n) is 17.9. The van der Waals surface area contributed by atoms with E-state index >= 15 is 0 Å². The number of anilines is 1. The lowest BCUT2D eigenvalue weighted by Crippen LogP contribution is -2.45. The van der Waals surface area contributed by atoms with E-state index in [1.165, 1.54) is 6.92 Å². The molecule has 2 aromatic carbocycles. The van der Waals surface area contributed by atoms with Crippen molar-refractivity contribution in [3.63, 3.8) is 0 Å². The zero-order valence-corrected chi connectivity index (χ0v) is 17.9. The van der Waals surface area contributed by atoms with Gasteiger partial charge in [-0.15, -0.1) is 0 Å². The molecule has 0 bridgehead atoms. The van der Waals surface area contributed by atoms with Gasteiger partial charge in [0.1, 0.15) is 0 Å². The third-order valence-electron chi connectivity index (χ3n) is 5.80. The maximum atomic E-state index is 13.4. The standard InChI is InChI=1S/C24H30N2O4/c1-17(27)26-20-10-8-19(9-11-20)24(13-5-4-6-14-24)23(28)25-16-18-7-12-21(29-2)22(15-18)30-3/h7-12,15H,4-6,13-14,16H2,1-3H3,(H,25,28)(H,26,27). The molecular formula is C24H30N2O4. The molecule has 2 aromatic rings. The number of nitrogens with one attached hydrogen (secondary N) is 2. The first-order chi connectivity index (χ1) is 14.5.